The summed E-state index contributed by atoms with van der Waals surface area (Å²) in [4.78, 5) is 53.2. The van der Waals surface area contributed by atoms with Gasteiger partial charge in [0.25, 0.3) is 11.7 Å². The summed E-state index contributed by atoms with van der Waals surface area (Å²) in [6.45, 7) is 15.7. The summed E-state index contributed by atoms with van der Waals surface area (Å²) in [7, 11) is 0. The first kappa shape index (κ1) is 41.9. The fourth-order valence-electron chi connectivity index (χ4n) is 9.07. The van der Waals surface area contributed by atoms with Gasteiger partial charge in [-0.25, -0.2) is 4.98 Å². The number of carbonyl (C=O) groups excluding carboxylic acids is 3. The summed E-state index contributed by atoms with van der Waals surface area (Å²) in [6, 6.07) is 25.5. The highest BCUT2D eigenvalue weighted by Gasteiger charge is 2.29. The van der Waals surface area contributed by atoms with Crippen LogP contribution in [0, 0.1) is 12.8 Å². The quantitative estimate of drug-likeness (QED) is 0.113. The molecule has 3 N–H and O–H groups in total. The third-order valence-corrected chi connectivity index (χ3v) is 13.1. The van der Waals surface area contributed by atoms with Gasteiger partial charge in [-0.05, 0) is 104 Å². The molecule has 0 spiro atoms. The topological polar surface area (TPSA) is 165 Å². The Balaban J connectivity index is 0.741. The molecule has 3 aromatic carbocycles. The smallest absolute Gasteiger partial charge is 0.292 e. The van der Waals surface area contributed by atoms with E-state index in [-0.39, 0.29) is 34.9 Å². The maximum absolute atomic E-state index is 12.7. The van der Waals surface area contributed by atoms with Crippen LogP contribution in [0.3, 0.4) is 0 Å². The number of imide groups is 1. The molecule has 63 heavy (non-hydrogen) atoms. The molecule has 3 amide bonds. The average Bonchev–Trinajstić information content (AvgIpc) is 3.98. The lowest BCUT2D eigenvalue weighted by Crippen LogP contribution is -2.47. The van der Waals surface area contributed by atoms with E-state index in [9.17, 15) is 14.4 Å². The Morgan fingerprint density at radius 2 is 1.54 bits per heavy atom. The van der Waals surface area contributed by atoms with Crippen molar-refractivity contribution in [3.63, 3.8) is 0 Å². The number of H-pyrrole nitrogens is 1. The normalized spacial score (nSPS) is 17.9. The number of rotatable bonds is 11. The summed E-state index contributed by atoms with van der Waals surface area (Å²) in [6.07, 6.45) is 6.51. The second-order valence-corrected chi connectivity index (χ2v) is 18.4. The van der Waals surface area contributed by atoms with E-state index in [0.29, 0.717) is 30.9 Å². The lowest BCUT2D eigenvalue weighted by molar-refractivity contribution is -0.134. The third kappa shape index (κ3) is 9.36. The van der Waals surface area contributed by atoms with Crippen LogP contribution in [0.2, 0.25) is 0 Å². The van der Waals surface area contributed by atoms with Crippen LogP contribution < -0.4 is 20.4 Å². The average molecular weight is 849 g/mol. The first-order chi connectivity index (χ1) is 30.4. The number of hydrogen-bond donors (Lipinski definition) is 3. The second kappa shape index (κ2) is 17.8. The minimum atomic E-state index is -0.377. The molecule has 14 nitrogen and oxygen atoms in total. The molecule has 6 aromatic rings. The summed E-state index contributed by atoms with van der Waals surface area (Å²) in [5.74, 6) is 0.227. The van der Waals surface area contributed by atoms with Crippen molar-refractivity contribution in [2.24, 2.45) is 5.92 Å². The minimum absolute atomic E-state index is 0.0291. The number of nitrogens with zero attached hydrogens (tertiary/aromatic N) is 7. The molecule has 0 unspecified atom stereocenters. The van der Waals surface area contributed by atoms with Crippen LogP contribution in [0.4, 0.5) is 11.4 Å². The fourth-order valence-corrected chi connectivity index (χ4v) is 9.07. The van der Waals surface area contributed by atoms with Crippen molar-refractivity contribution < 1.29 is 18.9 Å². The minimum Gasteiger partial charge on any atom is -0.372 e. The predicted octanol–water partition coefficient (Wildman–Crippen LogP) is 7.16. The number of aromatic amines is 1. The van der Waals surface area contributed by atoms with Gasteiger partial charge in [-0.15, -0.1) is 0 Å². The summed E-state index contributed by atoms with van der Waals surface area (Å²) in [5, 5.41) is 17.9. The highest BCUT2D eigenvalue weighted by Crippen LogP contribution is 2.33. The Morgan fingerprint density at radius 1 is 0.841 bits per heavy atom. The van der Waals surface area contributed by atoms with E-state index < -0.39 is 0 Å². The molecule has 326 valence electrons. The van der Waals surface area contributed by atoms with Gasteiger partial charge in [-0.1, -0.05) is 62.3 Å². The summed E-state index contributed by atoms with van der Waals surface area (Å²) in [5.41, 5.74) is 9.81. The van der Waals surface area contributed by atoms with Gasteiger partial charge in [0, 0.05) is 91.7 Å². The van der Waals surface area contributed by atoms with Gasteiger partial charge in [-0.3, -0.25) is 29.7 Å². The SMILES string of the molecule is Cc1cc(-c2[nH]nc3ncc(-c4ccc(N5CCN(CCC6CCN(c7ccc([C@H]8CCC(=O)NC8=O)cc7)CC6)CC5)cc4)cc23)ccc1CNC(=O)c1noc(C(C)(C)C)n1. The van der Waals surface area contributed by atoms with E-state index in [2.05, 4.69) is 106 Å². The van der Waals surface area contributed by atoms with Crippen molar-refractivity contribution in [3.05, 3.63) is 107 Å². The number of nitrogens with one attached hydrogen (secondary N) is 3. The van der Waals surface area contributed by atoms with E-state index in [1.54, 1.807) is 0 Å². The molecule has 3 aliphatic rings. The van der Waals surface area contributed by atoms with Crippen molar-refractivity contribution in [3.8, 4) is 22.4 Å². The molecular weight excluding hydrogens is 793 g/mol. The number of piperazine rings is 1. The number of anilines is 2. The molecule has 3 saturated heterocycles. The van der Waals surface area contributed by atoms with Gasteiger partial charge in [0.05, 0.1) is 11.6 Å². The van der Waals surface area contributed by atoms with Gasteiger partial charge in [0.2, 0.25) is 17.7 Å². The molecule has 3 aromatic heterocycles. The number of benzene rings is 3. The second-order valence-electron chi connectivity index (χ2n) is 18.4. The van der Waals surface area contributed by atoms with Gasteiger partial charge < -0.3 is 19.6 Å². The molecule has 3 fully saturated rings. The highest BCUT2D eigenvalue weighted by molar-refractivity contribution is 6.01. The maximum Gasteiger partial charge on any atom is 0.292 e. The van der Waals surface area contributed by atoms with Crippen LogP contribution in [0.15, 0.2) is 83.5 Å². The zero-order chi connectivity index (χ0) is 43.7. The molecule has 1 atom stereocenters. The molecule has 9 rings (SSSR count). The van der Waals surface area contributed by atoms with Crippen molar-refractivity contribution in [2.45, 2.75) is 77.7 Å². The highest BCUT2D eigenvalue weighted by atomic mass is 16.5. The van der Waals surface area contributed by atoms with Crippen LogP contribution in [-0.4, -0.2) is 93.8 Å². The number of amides is 3. The molecule has 3 aliphatic heterocycles. The zero-order valence-electron chi connectivity index (χ0n) is 36.6. The Morgan fingerprint density at radius 3 is 2.22 bits per heavy atom. The van der Waals surface area contributed by atoms with Crippen LogP contribution >= 0.6 is 0 Å². The van der Waals surface area contributed by atoms with Crippen LogP contribution in [0.1, 0.15) is 92.0 Å². The predicted molar refractivity (Wildman–Crippen MR) is 243 cm³/mol. The number of fused-ring (bicyclic) bond motifs is 1. The van der Waals surface area contributed by atoms with Crippen molar-refractivity contribution >= 4 is 40.1 Å². The van der Waals surface area contributed by atoms with E-state index >= 15 is 0 Å². The van der Waals surface area contributed by atoms with E-state index in [0.717, 1.165) is 96.2 Å². The van der Waals surface area contributed by atoms with Crippen LogP contribution in [-0.2, 0) is 21.5 Å². The van der Waals surface area contributed by atoms with Gasteiger partial charge in [0.15, 0.2) is 5.65 Å². The van der Waals surface area contributed by atoms with Gasteiger partial charge in [-0.2, -0.15) is 10.1 Å². The lowest BCUT2D eigenvalue weighted by atomic mass is 9.90. The molecule has 0 bridgehead atoms. The van der Waals surface area contributed by atoms with E-state index in [1.165, 1.54) is 30.6 Å². The van der Waals surface area contributed by atoms with Gasteiger partial charge >= 0.3 is 0 Å². The zero-order valence-corrected chi connectivity index (χ0v) is 36.6. The summed E-state index contributed by atoms with van der Waals surface area (Å²) < 4.78 is 5.28. The number of piperidine rings is 2. The van der Waals surface area contributed by atoms with E-state index in [1.807, 2.05) is 46.0 Å². The Kier molecular flexibility index (Phi) is 11.8. The van der Waals surface area contributed by atoms with Crippen molar-refractivity contribution in [1.29, 1.82) is 0 Å². The maximum atomic E-state index is 12.7. The number of aryl methyl sites for hydroxylation is 1. The first-order valence-corrected chi connectivity index (χ1v) is 22.3. The number of hydrogen-bond acceptors (Lipinski definition) is 11. The van der Waals surface area contributed by atoms with Crippen molar-refractivity contribution in [1.82, 2.24) is 40.9 Å². The van der Waals surface area contributed by atoms with Crippen LogP contribution in [0.25, 0.3) is 33.4 Å². The molecular formula is C49H56N10O4. The Labute approximate surface area is 367 Å². The largest absolute Gasteiger partial charge is 0.372 e. The third-order valence-electron chi connectivity index (χ3n) is 13.1. The molecule has 0 aliphatic carbocycles. The van der Waals surface area contributed by atoms with Gasteiger partial charge in [0.1, 0.15) is 0 Å². The fraction of sp³-hybridized carbons (Fsp3) is 0.408. The molecule has 0 radical (unpaired) electrons. The Hall–Kier alpha value is -6.41. The number of pyridine rings is 1. The van der Waals surface area contributed by atoms with Crippen LogP contribution in [0.5, 0.6) is 0 Å². The Bertz CT molecular complexity index is 2600. The molecule has 0 saturated carbocycles. The van der Waals surface area contributed by atoms with E-state index in [4.69, 9.17) is 9.51 Å². The standard InChI is InChI=1S/C49H56N10O4/c1-31-27-35(5-6-36(31)29-51-47(62)45-53-48(63-56-45)49(2,3)4)43-41-28-37(30-50-44(41)55-54-43)33-7-11-39(12-8-33)59-25-23-57(24-26-59)20-17-32-18-21-58(22-19-32)38-13-9-34(10-14-38)40-15-16-42(60)52-46(40)61/h5-14,27-28,30,32,40H,15-26,29H2,1-4H3,(H,51,62)(H,50,54,55)(H,52,60,61)/t40-/m1/s1. The molecule has 14 heteroatoms. The first-order valence-electron chi connectivity index (χ1n) is 22.3. The summed E-state index contributed by atoms with van der Waals surface area (Å²) >= 11 is 0. The van der Waals surface area contributed by atoms with Crippen molar-refractivity contribution in [2.75, 3.05) is 55.6 Å². The molecule has 6 heterocycles. The number of aromatic nitrogens is 5. The monoisotopic (exact) mass is 848 g/mol. The lowest BCUT2D eigenvalue weighted by Gasteiger charge is -2.38. The number of carbonyl (C=O) groups is 3.